The zero-order valence-electron chi connectivity index (χ0n) is 10.8. The van der Waals surface area contributed by atoms with Crippen molar-refractivity contribution in [2.45, 2.75) is 25.9 Å². The summed E-state index contributed by atoms with van der Waals surface area (Å²) in [6.07, 6.45) is 6.20. The van der Waals surface area contributed by atoms with Gasteiger partial charge in [-0.1, -0.05) is 0 Å². The summed E-state index contributed by atoms with van der Waals surface area (Å²) in [5.41, 5.74) is 2.11. The molecule has 0 radical (unpaired) electrons. The molecule has 3 heterocycles. The Bertz CT molecular complexity index is 551. The summed E-state index contributed by atoms with van der Waals surface area (Å²) in [6, 6.07) is 0. The smallest absolute Gasteiger partial charge is 0.143 e. The maximum absolute atomic E-state index is 5.47. The van der Waals surface area contributed by atoms with Gasteiger partial charge in [-0.25, -0.2) is 9.97 Å². The number of piperidine rings is 1. The maximum Gasteiger partial charge on any atom is 0.143 e. The van der Waals surface area contributed by atoms with Crippen LogP contribution >= 0.6 is 0 Å². The lowest BCUT2D eigenvalue weighted by molar-refractivity contribution is 0.0892. The number of aromatic amines is 1. The summed E-state index contributed by atoms with van der Waals surface area (Å²) >= 11 is 0. The molecular weight excluding hydrogens is 228 g/mol. The highest BCUT2D eigenvalue weighted by Crippen LogP contribution is 2.28. The Balaban J connectivity index is 2.00. The molecule has 0 aromatic carbocycles. The van der Waals surface area contributed by atoms with Crippen LogP contribution in [-0.2, 0) is 4.74 Å². The molecule has 1 atom stereocenters. The number of aryl methyl sites for hydroxylation is 1. The van der Waals surface area contributed by atoms with Crippen molar-refractivity contribution >= 4 is 16.9 Å². The number of hydrogen-bond donors (Lipinski definition) is 1. The van der Waals surface area contributed by atoms with Crippen LogP contribution in [0.1, 0.15) is 18.4 Å². The van der Waals surface area contributed by atoms with Crippen molar-refractivity contribution in [1.82, 2.24) is 15.0 Å². The number of fused-ring (bicyclic) bond motifs is 1. The molecule has 0 bridgehead atoms. The molecule has 1 fully saturated rings. The molecule has 1 N–H and O–H groups in total. The first-order chi connectivity index (χ1) is 8.79. The average Bonchev–Trinajstić information content (AvgIpc) is 2.81. The van der Waals surface area contributed by atoms with Gasteiger partial charge in [0.1, 0.15) is 17.8 Å². The fourth-order valence-electron chi connectivity index (χ4n) is 2.66. The predicted molar refractivity (Wildman–Crippen MR) is 70.9 cm³/mol. The van der Waals surface area contributed by atoms with Crippen LogP contribution < -0.4 is 4.90 Å². The quantitative estimate of drug-likeness (QED) is 0.879. The molecule has 96 valence electrons. The van der Waals surface area contributed by atoms with Crippen LogP contribution in [0.25, 0.3) is 11.0 Å². The summed E-state index contributed by atoms with van der Waals surface area (Å²) in [6.45, 7) is 4.03. The van der Waals surface area contributed by atoms with Crippen LogP contribution in [-0.4, -0.2) is 41.3 Å². The van der Waals surface area contributed by atoms with E-state index in [-0.39, 0.29) is 0 Å². The van der Waals surface area contributed by atoms with Gasteiger partial charge in [0.25, 0.3) is 0 Å². The van der Waals surface area contributed by atoms with Crippen molar-refractivity contribution in [3.8, 4) is 0 Å². The van der Waals surface area contributed by atoms with Crippen molar-refractivity contribution in [2.24, 2.45) is 0 Å². The topological polar surface area (TPSA) is 54.0 Å². The number of rotatable bonds is 2. The Hall–Kier alpha value is -1.62. The summed E-state index contributed by atoms with van der Waals surface area (Å²) in [4.78, 5) is 14.2. The molecule has 1 aliphatic rings. The highest BCUT2D eigenvalue weighted by molar-refractivity contribution is 5.90. The lowest BCUT2D eigenvalue weighted by Gasteiger charge is -2.33. The number of anilines is 1. The van der Waals surface area contributed by atoms with Crippen molar-refractivity contribution in [3.63, 3.8) is 0 Å². The highest BCUT2D eigenvalue weighted by atomic mass is 16.5. The Morgan fingerprint density at radius 1 is 1.44 bits per heavy atom. The molecule has 2 aromatic rings. The number of hydrogen-bond acceptors (Lipinski definition) is 4. The molecule has 2 aromatic heterocycles. The third-order valence-corrected chi connectivity index (χ3v) is 3.66. The van der Waals surface area contributed by atoms with Gasteiger partial charge in [0.05, 0.1) is 11.5 Å². The minimum absolute atomic E-state index is 0.308. The molecule has 1 saturated heterocycles. The average molecular weight is 246 g/mol. The van der Waals surface area contributed by atoms with E-state index in [1.54, 1.807) is 13.4 Å². The standard InChI is InChI=1S/C13H18N4O/c1-9-6-14-12-11(9)13(16-8-15-12)17-5-3-4-10(7-17)18-2/h6,8,10H,3-5,7H2,1-2H3,(H,14,15,16). The van der Waals surface area contributed by atoms with E-state index in [1.807, 2.05) is 6.20 Å². The molecule has 1 unspecified atom stereocenters. The molecule has 5 heteroatoms. The van der Waals surface area contributed by atoms with Gasteiger partial charge in [0.2, 0.25) is 0 Å². The van der Waals surface area contributed by atoms with Gasteiger partial charge < -0.3 is 14.6 Å². The third-order valence-electron chi connectivity index (χ3n) is 3.66. The molecule has 0 spiro atoms. The van der Waals surface area contributed by atoms with E-state index in [2.05, 4.69) is 26.8 Å². The van der Waals surface area contributed by atoms with Crippen molar-refractivity contribution in [2.75, 3.05) is 25.1 Å². The zero-order chi connectivity index (χ0) is 12.5. The number of ether oxygens (including phenoxy) is 1. The summed E-state index contributed by atoms with van der Waals surface area (Å²) in [7, 11) is 1.78. The largest absolute Gasteiger partial charge is 0.380 e. The Kier molecular flexibility index (Phi) is 2.91. The van der Waals surface area contributed by atoms with E-state index in [4.69, 9.17) is 4.74 Å². The van der Waals surface area contributed by atoms with Gasteiger partial charge in [-0.05, 0) is 25.3 Å². The van der Waals surface area contributed by atoms with Crippen LogP contribution in [0.3, 0.4) is 0 Å². The number of H-pyrrole nitrogens is 1. The minimum Gasteiger partial charge on any atom is -0.380 e. The van der Waals surface area contributed by atoms with Gasteiger partial charge in [0.15, 0.2) is 0 Å². The Morgan fingerprint density at radius 3 is 3.17 bits per heavy atom. The molecule has 1 aliphatic heterocycles. The van der Waals surface area contributed by atoms with Crippen LogP contribution in [0.4, 0.5) is 5.82 Å². The van der Waals surface area contributed by atoms with E-state index in [9.17, 15) is 0 Å². The Morgan fingerprint density at radius 2 is 2.33 bits per heavy atom. The van der Waals surface area contributed by atoms with Crippen molar-refractivity contribution in [1.29, 1.82) is 0 Å². The van der Waals surface area contributed by atoms with Gasteiger partial charge in [0, 0.05) is 26.4 Å². The number of methoxy groups -OCH3 is 1. The molecule has 3 rings (SSSR count). The summed E-state index contributed by atoms with van der Waals surface area (Å²) in [5, 5.41) is 1.13. The van der Waals surface area contributed by atoms with Crippen LogP contribution in [0, 0.1) is 6.92 Å². The first-order valence-electron chi connectivity index (χ1n) is 6.36. The normalized spacial score (nSPS) is 20.6. The first kappa shape index (κ1) is 11.5. The SMILES string of the molecule is COC1CCCN(c2ncnc3[nH]cc(C)c23)C1. The Labute approximate surface area is 106 Å². The van der Waals surface area contributed by atoms with Crippen LogP contribution in [0.2, 0.25) is 0 Å². The second kappa shape index (κ2) is 4.57. The zero-order valence-corrected chi connectivity index (χ0v) is 10.8. The molecular formula is C13H18N4O. The van der Waals surface area contributed by atoms with Crippen molar-refractivity contribution < 1.29 is 4.74 Å². The monoisotopic (exact) mass is 246 g/mol. The molecule has 0 aliphatic carbocycles. The maximum atomic E-state index is 5.47. The lowest BCUT2D eigenvalue weighted by atomic mass is 10.1. The van der Waals surface area contributed by atoms with Crippen LogP contribution in [0.15, 0.2) is 12.5 Å². The van der Waals surface area contributed by atoms with Crippen LogP contribution in [0.5, 0.6) is 0 Å². The lowest BCUT2D eigenvalue weighted by Crippen LogP contribution is -2.39. The molecule has 0 saturated carbocycles. The second-order valence-corrected chi connectivity index (χ2v) is 4.84. The van der Waals surface area contributed by atoms with E-state index >= 15 is 0 Å². The second-order valence-electron chi connectivity index (χ2n) is 4.84. The summed E-state index contributed by atoms with van der Waals surface area (Å²) in [5.74, 6) is 1.03. The fraction of sp³-hybridized carbons (Fsp3) is 0.538. The van der Waals surface area contributed by atoms with E-state index in [0.29, 0.717) is 6.10 Å². The fourth-order valence-corrected chi connectivity index (χ4v) is 2.66. The predicted octanol–water partition coefficient (Wildman–Crippen LogP) is 1.88. The minimum atomic E-state index is 0.308. The van der Waals surface area contributed by atoms with Gasteiger partial charge in [-0.2, -0.15) is 0 Å². The van der Waals surface area contributed by atoms with E-state index in [0.717, 1.165) is 42.8 Å². The van der Waals surface area contributed by atoms with Crippen molar-refractivity contribution in [3.05, 3.63) is 18.1 Å². The molecule has 18 heavy (non-hydrogen) atoms. The number of nitrogens with one attached hydrogen (secondary N) is 1. The van der Waals surface area contributed by atoms with Gasteiger partial charge in [-0.15, -0.1) is 0 Å². The summed E-state index contributed by atoms with van der Waals surface area (Å²) < 4.78 is 5.47. The number of aromatic nitrogens is 3. The number of nitrogens with zero attached hydrogens (tertiary/aromatic N) is 3. The van der Waals surface area contributed by atoms with Gasteiger partial charge >= 0.3 is 0 Å². The molecule has 5 nitrogen and oxygen atoms in total. The van der Waals surface area contributed by atoms with E-state index < -0.39 is 0 Å². The highest BCUT2D eigenvalue weighted by Gasteiger charge is 2.22. The molecule has 0 amide bonds. The van der Waals surface area contributed by atoms with Gasteiger partial charge in [-0.3, -0.25) is 0 Å². The first-order valence-corrected chi connectivity index (χ1v) is 6.36. The third kappa shape index (κ3) is 1.84. The van der Waals surface area contributed by atoms with E-state index in [1.165, 1.54) is 5.56 Å².